The number of phenols is 1. The number of hydrogen-bond acceptors (Lipinski definition) is 4. The number of nitrogens with one attached hydrogen (secondary N) is 2. The Bertz CT molecular complexity index is 1090. The van der Waals surface area contributed by atoms with Crippen molar-refractivity contribution in [3.8, 4) is 11.5 Å². The fourth-order valence-corrected chi connectivity index (χ4v) is 3.80. The summed E-state index contributed by atoms with van der Waals surface area (Å²) in [4.78, 5) is 15.9. The molecule has 3 aromatic rings. The van der Waals surface area contributed by atoms with Crippen molar-refractivity contribution in [1.29, 1.82) is 0 Å². The number of fused-ring (bicyclic) bond motifs is 3. The highest BCUT2D eigenvalue weighted by molar-refractivity contribution is 6.34. The van der Waals surface area contributed by atoms with Gasteiger partial charge in [0.2, 0.25) is 0 Å². The molecule has 1 aliphatic carbocycles. The lowest BCUT2D eigenvalue weighted by Crippen LogP contribution is -2.17. The summed E-state index contributed by atoms with van der Waals surface area (Å²) in [5.41, 5.74) is 7.18. The summed E-state index contributed by atoms with van der Waals surface area (Å²) >= 11 is 6.09. The lowest BCUT2D eigenvalue weighted by molar-refractivity contribution is 0.0955. The van der Waals surface area contributed by atoms with Crippen LogP contribution < -0.4 is 10.2 Å². The second kappa shape index (κ2) is 7.56. The zero-order valence-electron chi connectivity index (χ0n) is 15.4. The van der Waals surface area contributed by atoms with E-state index in [1.54, 1.807) is 18.2 Å². The van der Waals surface area contributed by atoms with Gasteiger partial charge in [0.15, 0.2) is 11.5 Å². The van der Waals surface area contributed by atoms with E-state index < -0.39 is 0 Å². The Morgan fingerprint density at radius 2 is 2.11 bits per heavy atom. The quantitative estimate of drug-likeness (QED) is 0.456. The number of halogens is 1. The van der Waals surface area contributed by atoms with Crippen molar-refractivity contribution in [2.45, 2.75) is 25.7 Å². The number of hydrogen-bond donors (Lipinski definition) is 3. The smallest absolute Gasteiger partial charge is 0.271 e. The highest BCUT2D eigenvalue weighted by Gasteiger charge is 2.16. The molecule has 0 atom stereocenters. The number of phenolic OH excluding ortho intramolecular Hbond substituents is 1. The lowest BCUT2D eigenvalue weighted by Gasteiger charge is -2.10. The first kappa shape index (κ1) is 18.4. The van der Waals surface area contributed by atoms with Crippen LogP contribution in [0, 0.1) is 0 Å². The second-order valence-electron chi connectivity index (χ2n) is 6.77. The summed E-state index contributed by atoms with van der Waals surface area (Å²) in [6.45, 7) is 0. The number of aryl methyl sites for hydroxylation is 2. The van der Waals surface area contributed by atoms with Gasteiger partial charge in [-0.05, 0) is 61.6 Å². The molecule has 6 nitrogen and oxygen atoms in total. The van der Waals surface area contributed by atoms with Crippen molar-refractivity contribution in [1.82, 2.24) is 10.4 Å². The molecule has 28 heavy (non-hydrogen) atoms. The van der Waals surface area contributed by atoms with E-state index in [4.69, 9.17) is 16.3 Å². The first-order valence-electron chi connectivity index (χ1n) is 9.11. The molecule has 0 saturated carbocycles. The number of carbonyl (C=O) groups excluding carboxylic acids is 1. The Labute approximate surface area is 167 Å². The van der Waals surface area contributed by atoms with Gasteiger partial charge < -0.3 is 14.8 Å². The van der Waals surface area contributed by atoms with E-state index in [-0.39, 0.29) is 22.4 Å². The van der Waals surface area contributed by atoms with Crippen LogP contribution in [0.2, 0.25) is 5.02 Å². The maximum absolute atomic E-state index is 12.5. The summed E-state index contributed by atoms with van der Waals surface area (Å²) in [7, 11) is 1.44. The zero-order valence-corrected chi connectivity index (χ0v) is 16.1. The summed E-state index contributed by atoms with van der Waals surface area (Å²) < 4.78 is 5.00. The van der Waals surface area contributed by atoms with Gasteiger partial charge in [-0.1, -0.05) is 11.6 Å². The number of aromatic nitrogens is 1. The number of amides is 1. The van der Waals surface area contributed by atoms with Crippen LogP contribution in [-0.2, 0) is 12.8 Å². The summed E-state index contributed by atoms with van der Waals surface area (Å²) in [5.74, 6) is -0.200. The molecule has 2 aromatic carbocycles. The Morgan fingerprint density at radius 1 is 1.29 bits per heavy atom. The van der Waals surface area contributed by atoms with Crippen molar-refractivity contribution in [2.75, 3.05) is 7.11 Å². The van der Waals surface area contributed by atoms with Crippen molar-refractivity contribution >= 4 is 34.6 Å². The topological polar surface area (TPSA) is 86.7 Å². The van der Waals surface area contributed by atoms with Crippen molar-refractivity contribution in [3.05, 3.63) is 57.7 Å². The number of ether oxygens (including phenoxy) is 1. The van der Waals surface area contributed by atoms with Crippen LogP contribution in [0.1, 0.15) is 40.0 Å². The highest BCUT2D eigenvalue weighted by atomic mass is 35.5. The molecule has 1 heterocycles. The zero-order chi connectivity index (χ0) is 19.7. The van der Waals surface area contributed by atoms with Gasteiger partial charge >= 0.3 is 0 Å². The van der Waals surface area contributed by atoms with E-state index in [2.05, 4.69) is 15.5 Å². The maximum Gasteiger partial charge on any atom is 0.271 e. The molecule has 0 radical (unpaired) electrons. The molecule has 0 bridgehead atoms. The molecule has 1 amide bonds. The van der Waals surface area contributed by atoms with Crippen LogP contribution in [-0.4, -0.2) is 29.3 Å². The van der Waals surface area contributed by atoms with Gasteiger partial charge in [0.1, 0.15) is 0 Å². The lowest BCUT2D eigenvalue weighted by atomic mass is 9.95. The summed E-state index contributed by atoms with van der Waals surface area (Å²) in [6, 6.07) is 8.85. The third kappa shape index (κ3) is 3.31. The standard InChI is InChI=1S/C21H20ClN3O3/c1-28-18-9-7-13(19(22)20(18)26)11-23-25-21(27)12-6-8-17-15(10-12)14-4-2-3-5-16(14)24-17/h6-11,24,26H,2-5H2,1H3,(H,25,27)/b23-11-. The van der Waals surface area contributed by atoms with Crippen LogP contribution >= 0.6 is 11.6 Å². The molecule has 0 unspecified atom stereocenters. The predicted octanol–water partition coefficient (Wildman–Crippen LogP) is 4.18. The first-order chi connectivity index (χ1) is 13.6. The molecule has 0 spiro atoms. The summed E-state index contributed by atoms with van der Waals surface area (Å²) in [6.07, 6.45) is 5.86. The van der Waals surface area contributed by atoms with E-state index in [1.165, 1.54) is 37.4 Å². The number of aromatic amines is 1. The second-order valence-corrected chi connectivity index (χ2v) is 7.15. The summed E-state index contributed by atoms with van der Waals surface area (Å²) in [5, 5.41) is 15.1. The van der Waals surface area contributed by atoms with Crippen molar-refractivity contribution < 1.29 is 14.6 Å². The largest absolute Gasteiger partial charge is 0.503 e. The number of nitrogens with zero attached hydrogens (tertiary/aromatic N) is 1. The Hall–Kier alpha value is -2.99. The van der Waals surface area contributed by atoms with Crippen molar-refractivity contribution in [3.63, 3.8) is 0 Å². The first-order valence-corrected chi connectivity index (χ1v) is 9.48. The van der Waals surface area contributed by atoms with Crippen LogP contribution in [0.5, 0.6) is 11.5 Å². The minimum Gasteiger partial charge on any atom is -0.503 e. The van der Waals surface area contributed by atoms with Crippen LogP contribution in [0.3, 0.4) is 0 Å². The number of benzene rings is 2. The van der Waals surface area contributed by atoms with Gasteiger partial charge in [-0.25, -0.2) is 5.43 Å². The Morgan fingerprint density at radius 3 is 2.93 bits per heavy atom. The molecular formula is C21H20ClN3O3. The van der Waals surface area contributed by atoms with E-state index in [1.807, 2.05) is 12.1 Å². The SMILES string of the molecule is COc1ccc(/C=N\NC(=O)c2ccc3[nH]c4c(c3c2)CCCC4)c(Cl)c1O. The molecule has 4 rings (SSSR count). The van der Waals surface area contributed by atoms with E-state index in [9.17, 15) is 9.90 Å². The van der Waals surface area contributed by atoms with Gasteiger partial charge in [0.25, 0.3) is 5.91 Å². The van der Waals surface area contributed by atoms with Crippen LogP contribution in [0.15, 0.2) is 35.4 Å². The van der Waals surface area contributed by atoms with Crippen molar-refractivity contribution in [2.24, 2.45) is 5.10 Å². The van der Waals surface area contributed by atoms with Gasteiger partial charge in [-0.3, -0.25) is 4.79 Å². The van der Waals surface area contributed by atoms with Gasteiger partial charge in [0.05, 0.1) is 18.3 Å². The van der Waals surface area contributed by atoms with Gasteiger partial charge in [-0.2, -0.15) is 5.10 Å². The number of H-pyrrole nitrogens is 1. The number of hydrazone groups is 1. The fraction of sp³-hybridized carbons (Fsp3) is 0.238. The maximum atomic E-state index is 12.5. The predicted molar refractivity (Wildman–Crippen MR) is 110 cm³/mol. The Balaban J connectivity index is 1.52. The number of rotatable bonds is 4. The normalized spacial score (nSPS) is 13.6. The molecule has 0 fully saturated rings. The third-order valence-corrected chi connectivity index (χ3v) is 5.46. The molecule has 3 N–H and O–H groups in total. The molecule has 0 saturated heterocycles. The van der Waals surface area contributed by atoms with E-state index >= 15 is 0 Å². The minimum absolute atomic E-state index is 0.109. The average Bonchev–Trinajstić information content (AvgIpc) is 3.09. The third-order valence-electron chi connectivity index (χ3n) is 5.06. The van der Waals surface area contributed by atoms with Gasteiger partial charge in [0, 0.05) is 27.7 Å². The van der Waals surface area contributed by atoms with E-state index in [0.717, 1.165) is 23.7 Å². The van der Waals surface area contributed by atoms with E-state index in [0.29, 0.717) is 11.1 Å². The fourth-order valence-electron chi connectivity index (χ4n) is 3.60. The molecule has 144 valence electrons. The monoisotopic (exact) mass is 397 g/mol. The Kier molecular flexibility index (Phi) is 4.96. The van der Waals surface area contributed by atoms with Crippen LogP contribution in [0.4, 0.5) is 0 Å². The molecule has 1 aromatic heterocycles. The number of methoxy groups -OCH3 is 1. The molecule has 7 heteroatoms. The molecule has 1 aliphatic rings. The number of aromatic hydroxyl groups is 1. The molecule has 0 aliphatic heterocycles. The van der Waals surface area contributed by atoms with Crippen LogP contribution in [0.25, 0.3) is 10.9 Å². The molecular weight excluding hydrogens is 378 g/mol. The highest BCUT2D eigenvalue weighted by Crippen LogP contribution is 2.35. The minimum atomic E-state index is -0.308. The van der Waals surface area contributed by atoms with Gasteiger partial charge in [-0.15, -0.1) is 0 Å². The average molecular weight is 398 g/mol. The number of carbonyl (C=O) groups is 1.